The van der Waals surface area contributed by atoms with Crippen molar-refractivity contribution in [2.75, 3.05) is 13.1 Å². The number of carbonyl (C=O) groups is 4. The van der Waals surface area contributed by atoms with Crippen LogP contribution in [0.2, 0.25) is 0 Å². The highest BCUT2D eigenvalue weighted by atomic mass is 16.2. The third-order valence-corrected chi connectivity index (χ3v) is 3.10. The van der Waals surface area contributed by atoms with Crippen LogP contribution >= 0.6 is 0 Å². The largest absolute Gasteiger partial charge is 0.338 e. The van der Waals surface area contributed by atoms with Gasteiger partial charge in [-0.1, -0.05) is 26.0 Å². The first-order valence-corrected chi connectivity index (χ1v) is 6.93. The fourth-order valence-corrected chi connectivity index (χ4v) is 2.03. The summed E-state index contributed by atoms with van der Waals surface area (Å²) in [6.07, 6.45) is 0. The summed E-state index contributed by atoms with van der Waals surface area (Å²) in [5.41, 5.74) is 0.536. The minimum Gasteiger partial charge on any atom is -0.338 e. The van der Waals surface area contributed by atoms with Gasteiger partial charge in [-0.25, -0.2) is 4.79 Å². The number of nitrogens with one attached hydrogen (secondary N) is 2. The van der Waals surface area contributed by atoms with Gasteiger partial charge in [-0.2, -0.15) is 0 Å². The second-order valence-electron chi connectivity index (χ2n) is 5.39. The van der Waals surface area contributed by atoms with Crippen LogP contribution in [0.5, 0.6) is 0 Å². The van der Waals surface area contributed by atoms with Gasteiger partial charge >= 0.3 is 6.03 Å². The van der Waals surface area contributed by atoms with Crippen molar-refractivity contribution in [2.45, 2.75) is 13.8 Å². The number of rotatable bonds is 4. The maximum absolute atomic E-state index is 12.1. The maximum Gasteiger partial charge on any atom is 0.321 e. The highest BCUT2D eigenvalue weighted by Gasteiger charge is 2.36. The second-order valence-corrected chi connectivity index (χ2v) is 5.39. The van der Waals surface area contributed by atoms with Gasteiger partial charge in [0.25, 0.3) is 11.8 Å². The Morgan fingerprint density at radius 3 is 2.14 bits per heavy atom. The Morgan fingerprint density at radius 2 is 1.64 bits per heavy atom. The molecule has 0 spiro atoms. The van der Waals surface area contributed by atoms with Crippen LogP contribution in [0.1, 0.15) is 34.6 Å². The second kappa shape index (κ2) is 6.38. The van der Waals surface area contributed by atoms with Gasteiger partial charge in [-0.3, -0.25) is 24.6 Å². The van der Waals surface area contributed by atoms with E-state index in [1.807, 2.05) is 13.8 Å². The summed E-state index contributed by atoms with van der Waals surface area (Å²) in [6.45, 7) is 3.77. The normalized spacial score (nSPS) is 13.3. The molecule has 0 unspecified atom stereocenters. The zero-order chi connectivity index (χ0) is 16.3. The van der Waals surface area contributed by atoms with Crippen LogP contribution < -0.4 is 10.6 Å². The summed E-state index contributed by atoms with van der Waals surface area (Å²) in [5, 5.41) is 4.61. The Morgan fingerprint density at radius 1 is 1.09 bits per heavy atom. The average molecular weight is 303 g/mol. The molecule has 1 aliphatic rings. The Hall–Kier alpha value is -2.70. The minimum atomic E-state index is -0.712. The molecule has 7 nitrogen and oxygen atoms in total. The van der Waals surface area contributed by atoms with Crippen molar-refractivity contribution in [2.24, 2.45) is 5.92 Å². The van der Waals surface area contributed by atoms with E-state index < -0.39 is 30.3 Å². The zero-order valence-corrected chi connectivity index (χ0v) is 12.4. The summed E-state index contributed by atoms with van der Waals surface area (Å²) in [6, 6.07) is 5.71. The molecule has 0 radical (unpaired) electrons. The smallest absolute Gasteiger partial charge is 0.321 e. The summed E-state index contributed by atoms with van der Waals surface area (Å²) < 4.78 is 0. The lowest BCUT2D eigenvalue weighted by atomic mass is 10.1. The fraction of sp³-hybridized carbons (Fsp3) is 0.333. The third kappa shape index (κ3) is 3.30. The van der Waals surface area contributed by atoms with Gasteiger partial charge in [-0.15, -0.1) is 0 Å². The number of carbonyl (C=O) groups excluding carboxylic acids is 4. The number of hydrogen-bond acceptors (Lipinski definition) is 4. The SMILES string of the molecule is CC(C)CNC(=O)NC(=O)CN1C(=O)c2ccccc2C1=O. The highest BCUT2D eigenvalue weighted by Crippen LogP contribution is 2.21. The van der Waals surface area contributed by atoms with Crippen molar-refractivity contribution in [3.63, 3.8) is 0 Å². The standard InChI is InChI=1S/C15H17N3O4/c1-9(2)7-16-15(22)17-12(19)8-18-13(20)10-5-3-4-6-11(10)14(18)21/h3-6,9H,7-8H2,1-2H3,(H2,16,17,19,22). The highest BCUT2D eigenvalue weighted by molar-refractivity contribution is 6.22. The molecule has 116 valence electrons. The number of nitrogens with zero attached hydrogens (tertiary/aromatic N) is 1. The van der Waals surface area contributed by atoms with Gasteiger partial charge < -0.3 is 5.32 Å². The van der Waals surface area contributed by atoms with Crippen molar-refractivity contribution >= 4 is 23.8 Å². The fourth-order valence-electron chi connectivity index (χ4n) is 2.03. The van der Waals surface area contributed by atoms with Crippen LogP contribution in [0.3, 0.4) is 0 Å². The van der Waals surface area contributed by atoms with Crippen molar-refractivity contribution in [1.82, 2.24) is 15.5 Å². The number of fused-ring (bicyclic) bond motifs is 1. The molecule has 22 heavy (non-hydrogen) atoms. The van der Waals surface area contributed by atoms with Crippen LogP contribution in [0.15, 0.2) is 24.3 Å². The van der Waals surface area contributed by atoms with E-state index >= 15 is 0 Å². The molecular weight excluding hydrogens is 286 g/mol. The lowest BCUT2D eigenvalue weighted by Gasteiger charge is -2.13. The Bertz CT molecular complexity index is 604. The van der Waals surface area contributed by atoms with Gasteiger partial charge in [0.2, 0.25) is 5.91 Å². The quantitative estimate of drug-likeness (QED) is 0.803. The number of benzene rings is 1. The molecule has 0 aliphatic carbocycles. The molecule has 1 aromatic carbocycles. The van der Waals surface area contributed by atoms with E-state index in [0.29, 0.717) is 6.54 Å². The van der Waals surface area contributed by atoms with Crippen molar-refractivity contribution in [1.29, 1.82) is 0 Å². The zero-order valence-electron chi connectivity index (χ0n) is 12.4. The van der Waals surface area contributed by atoms with Crippen LogP contribution in [0, 0.1) is 5.92 Å². The molecule has 1 aromatic rings. The summed E-state index contributed by atoms with van der Waals surface area (Å²) in [7, 11) is 0. The number of hydrogen-bond donors (Lipinski definition) is 2. The van der Waals surface area contributed by atoms with Crippen LogP contribution in [0.25, 0.3) is 0 Å². The van der Waals surface area contributed by atoms with E-state index in [1.54, 1.807) is 12.1 Å². The first-order valence-electron chi connectivity index (χ1n) is 6.93. The monoisotopic (exact) mass is 303 g/mol. The predicted octanol–water partition coefficient (Wildman–Crippen LogP) is 0.764. The predicted molar refractivity (Wildman–Crippen MR) is 78.2 cm³/mol. The number of imide groups is 2. The molecule has 1 heterocycles. The molecule has 0 bridgehead atoms. The molecule has 0 saturated carbocycles. The summed E-state index contributed by atoms with van der Waals surface area (Å²) in [4.78, 5) is 48.2. The molecule has 0 saturated heterocycles. The van der Waals surface area contributed by atoms with Crippen molar-refractivity contribution < 1.29 is 19.2 Å². The van der Waals surface area contributed by atoms with Gasteiger partial charge in [0.1, 0.15) is 6.54 Å². The first-order chi connectivity index (χ1) is 10.4. The number of urea groups is 1. The Labute approximate surface area is 127 Å². The van der Waals surface area contributed by atoms with Gasteiger partial charge in [0.05, 0.1) is 11.1 Å². The molecule has 2 rings (SSSR count). The van der Waals surface area contributed by atoms with Crippen LogP contribution in [0.4, 0.5) is 4.79 Å². The van der Waals surface area contributed by atoms with Crippen LogP contribution in [-0.4, -0.2) is 41.7 Å². The molecular formula is C15H17N3O4. The van der Waals surface area contributed by atoms with Crippen molar-refractivity contribution in [3.8, 4) is 0 Å². The van der Waals surface area contributed by atoms with E-state index in [2.05, 4.69) is 10.6 Å². The number of amides is 5. The lowest BCUT2D eigenvalue weighted by Crippen LogP contribution is -2.46. The van der Waals surface area contributed by atoms with Gasteiger partial charge in [0.15, 0.2) is 0 Å². The molecule has 7 heteroatoms. The summed E-state index contributed by atoms with van der Waals surface area (Å²) in [5.74, 6) is -1.52. The molecule has 5 amide bonds. The molecule has 0 atom stereocenters. The first kappa shape index (κ1) is 15.7. The molecule has 2 N–H and O–H groups in total. The van der Waals surface area contributed by atoms with Gasteiger partial charge in [0, 0.05) is 6.54 Å². The van der Waals surface area contributed by atoms with Crippen LogP contribution in [-0.2, 0) is 4.79 Å². The Balaban J connectivity index is 1.95. The molecule has 0 aromatic heterocycles. The maximum atomic E-state index is 12.1. The third-order valence-electron chi connectivity index (χ3n) is 3.10. The van der Waals surface area contributed by atoms with E-state index in [-0.39, 0.29) is 17.0 Å². The minimum absolute atomic E-state index is 0.247. The van der Waals surface area contributed by atoms with E-state index in [4.69, 9.17) is 0 Å². The van der Waals surface area contributed by atoms with Crippen molar-refractivity contribution in [3.05, 3.63) is 35.4 Å². The summed E-state index contributed by atoms with van der Waals surface area (Å²) >= 11 is 0. The van der Waals surface area contributed by atoms with E-state index in [1.165, 1.54) is 12.1 Å². The lowest BCUT2D eigenvalue weighted by molar-refractivity contribution is -0.120. The van der Waals surface area contributed by atoms with Gasteiger partial charge in [-0.05, 0) is 18.1 Å². The topological polar surface area (TPSA) is 95.6 Å². The molecule has 1 aliphatic heterocycles. The average Bonchev–Trinajstić information content (AvgIpc) is 2.71. The van der Waals surface area contributed by atoms with E-state index in [9.17, 15) is 19.2 Å². The Kier molecular flexibility index (Phi) is 4.55. The molecule has 0 fully saturated rings. The van der Waals surface area contributed by atoms with E-state index in [0.717, 1.165) is 4.90 Å².